The van der Waals surface area contributed by atoms with Crippen molar-refractivity contribution in [3.05, 3.63) is 82.2 Å². The number of amides is 1. The molecule has 0 saturated heterocycles. The summed E-state index contributed by atoms with van der Waals surface area (Å²) in [6.07, 6.45) is 1.12. The summed E-state index contributed by atoms with van der Waals surface area (Å²) in [4.78, 5) is 43.1. The van der Waals surface area contributed by atoms with Gasteiger partial charge >= 0.3 is 11.7 Å². The number of hydrazine groups is 1. The molecule has 33 heavy (non-hydrogen) atoms. The Labute approximate surface area is 189 Å². The maximum atomic E-state index is 12.2. The molecule has 3 aromatic rings. The number of nitro groups is 1. The lowest BCUT2D eigenvalue weighted by atomic mass is 10.2. The highest BCUT2D eigenvalue weighted by atomic mass is 16.6. The van der Waals surface area contributed by atoms with E-state index in [1.165, 1.54) is 12.1 Å². The van der Waals surface area contributed by atoms with Crippen LogP contribution < -0.4 is 16.2 Å². The van der Waals surface area contributed by atoms with Crippen LogP contribution in [0.15, 0.2) is 60.9 Å². The topological polar surface area (TPSA) is 148 Å². The fraction of sp³-hybridized carbons (Fsp3) is 0.182. The summed E-state index contributed by atoms with van der Waals surface area (Å²) in [5.74, 6) is -1.02. The molecule has 3 rings (SSSR count). The SMILES string of the molecule is CC(C)COC(=O)c1ccc(Nc2ncnc(NNC(=O)c3ccccc3)c2[N+](=O)[O-])cc1. The van der Waals surface area contributed by atoms with Crippen LogP contribution in [0.2, 0.25) is 0 Å². The molecule has 11 heteroatoms. The predicted molar refractivity (Wildman–Crippen MR) is 121 cm³/mol. The van der Waals surface area contributed by atoms with E-state index in [0.717, 1.165) is 6.33 Å². The Bertz CT molecular complexity index is 1140. The fourth-order valence-electron chi connectivity index (χ4n) is 2.66. The van der Waals surface area contributed by atoms with Crippen LogP contribution >= 0.6 is 0 Å². The molecule has 2 aromatic carbocycles. The molecule has 11 nitrogen and oxygen atoms in total. The number of carbonyl (C=O) groups excluding carboxylic acids is 2. The van der Waals surface area contributed by atoms with Crippen molar-refractivity contribution in [1.29, 1.82) is 0 Å². The zero-order chi connectivity index (χ0) is 23.8. The van der Waals surface area contributed by atoms with Crippen LogP contribution in [0.25, 0.3) is 0 Å². The van der Waals surface area contributed by atoms with E-state index in [0.29, 0.717) is 23.4 Å². The second-order valence-corrected chi connectivity index (χ2v) is 7.32. The molecule has 0 atom stereocenters. The van der Waals surface area contributed by atoms with Crippen LogP contribution in [0, 0.1) is 16.0 Å². The molecule has 1 heterocycles. The van der Waals surface area contributed by atoms with E-state index >= 15 is 0 Å². The fourth-order valence-corrected chi connectivity index (χ4v) is 2.66. The van der Waals surface area contributed by atoms with E-state index in [1.807, 2.05) is 13.8 Å². The number of rotatable bonds is 9. The minimum absolute atomic E-state index is 0.0957. The Morgan fingerprint density at radius 3 is 2.30 bits per heavy atom. The van der Waals surface area contributed by atoms with Crippen LogP contribution in [0.5, 0.6) is 0 Å². The van der Waals surface area contributed by atoms with Crippen LogP contribution in [0.3, 0.4) is 0 Å². The van der Waals surface area contributed by atoms with Gasteiger partial charge in [-0.1, -0.05) is 32.0 Å². The van der Waals surface area contributed by atoms with Crippen LogP contribution in [0.1, 0.15) is 34.6 Å². The minimum Gasteiger partial charge on any atom is -0.462 e. The molecule has 3 N–H and O–H groups in total. The molecule has 0 spiro atoms. The van der Waals surface area contributed by atoms with Gasteiger partial charge < -0.3 is 10.1 Å². The number of benzene rings is 2. The number of aromatic nitrogens is 2. The Morgan fingerprint density at radius 1 is 1.00 bits per heavy atom. The number of anilines is 3. The molecule has 1 aromatic heterocycles. The second kappa shape index (κ2) is 10.7. The highest BCUT2D eigenvalue weighted by molar-refractivity contribution is 5.95. The molecule has 0 unspecified atom stereocenters. The Balaban J connectivity index is 1.73. The van der Waals surface area contributed by atoms with Gasteiger partial charge in [-0.3, -0.25) is 25.8 Å². The van der Waals surface area contributed by atoms with Gasteiger partial charge in [0.25, 0.3) is 5.91 Å². The van der Waals surface area contributed by atoms with E-state index in [9.17, 15) is 19.7 Å². The third-order valence-electron chi connectivity index (χ3n) is 4.27. The molecular weight excluding hydrogens is 428 g/mol. The first-order valence-corrected chi connectivity index (χ1v) is 10.00. The number of esters is 1. The summed E-state index contributed by atoms with van der Waals surface area (Å²) in [5, 5.41) is 14.5. The van der Waals surface area contributed by atoms with Crippen LogP contribution in [0.4, 0.5) is 23.0 Å². The molecule has 0 fully saturated rings. The number of ether oxygens (including phenoxy) is 1. The average Bonchev–Trinajstić information content (AvgIpc) is 2.81. The van der Waals surface area contributed by atoms with Crippen molar-refractivity contribution in [2.45, 2.75) is 13.8 Å². The first kappa shape index (κ1) is 23.1. The van der Waals surface area contributed by atoms with E-state index in [-0.39, 0.29) is 17.6 Å². The van der Waals surface area contributed by atoms with Gasteiger partial charge in [0.1, 0.15) is 6.33 Å². The summed E-state index contributed by atoms with van der Waals surface area (Å²) in [5.41, 5.74) is 5.56. The highest BCUT2D eigenvalue weighted by Crippen LogP contribution is 2.30. The first-order valence-electron chi connectivity index (χ1n) is 10.00. The van der Waals surface area contributed by atoms with Gasteiger partial charge in [-0.2, -0.15) is 0 Å². The molecule has 170 valence electrons. The van der Waals surface area contributed by atoms with Crippen molar-refractivity contribution < 1.29 is 19.2 Å². The lowest BCUT2D eigenvalue weighted by Crippen LogP contribution is -2.30. The number of carbonyl (C=O) groups is 2. The van der Waals surface area contributed by atoms with Crippen molar-refractivity contribution >= 4 is 34.9 Å². The first-order chi connectivity index (χ1) is 15.8. The summed E-state index contributed by atoms with van der Waals surface area (Å²) < 4.78 is 5.18. The smallest absolute Gasteiger partial charge is 0.355 e. The third kappa shape index (κ3) is 6.23. The number of hydrogen-bond acceptors (Lipinski definition) is 9. The maximum absolute atomic E-state index is 12.2. The normalized spacial score (nSPS) is 10.4. The average molecular weight is 450 g/mol. The molecular formula is C22H22N6O5. The number of hydrogen-bond donors (Lipinski definition) is 3. The zero-order valence-electron chi connectivity index (χ0n) is 17.9. The van der Waals surface area contributed by atoms with Crippen molar-refractivity contribution in [1.82, 2.24) is 15.4 Å². The summed E-state index contributed by atoms with van der Waals surface area (Å²) in [7, 11) is 0. The van der Waals surface area contributed by atoms with Gasteiger partial charge in [0, 0.05) is 11.3 Å². The molecule has 1 amide bonds. The van der Waals surface area contributed by atoms with Gasteiger partial charge in [0.05, 0.1) is 17.1 Å². The Kier molecular flexibility index (Phi) is 7.47. The van der Waals surface area contributed by atoms with Gasteiger partial charge in [0.2, 0.25) is 11.6 Å². The van der Waals surface area contributed by atoms with Gasteiger partial charge in [-0.05, 0) is 42.3 Å². The largest absolute Gasteiger partial charge is 0.462 e. The molecule has 0 aliphatic heterocycles. The van der Waals surface area contributed by atoms with Crippen molar-refractivity contribution in [3.63, 3.8) is 0 Å². The number of nitrogens with zero attached hydrogens (tertiary/aromatic N) is 3. The monoisotopic (exact) mass is 450 g/mol. The van der Waals surface area contributed by atoms with Crippen molar-refractivity contribution in [3.8, 4) is 0 Å². The second-order valence-electron chi connectivity index (χ2n) is 7.32. The van der Waals surface area contributed by atoms with E-state index < -0.39 is 22.5 Å². The van der Waals surface area contributed by atoms with Gasteiger partial charge in [-0.25, -0.2) is 14.8 Å². The lowest BCUT2D eigenvalue weighted by Gasteiger charge is -2.11. The molecule has 0 radical (unpaired) electrons. The maximum Gasteiger partial charge on any atom is 0.355 e. The summed E-state index contributed by atoms with van der Waals surface area (Å²) in [6.45, 7) is 4.18. The van der Waals surface area contributed by atoms with Crippen LogP contribution in [-0.4, -0.2) is 33.4 Å². The van der Waals surface area contributed by atoms with Crippen LogP contribution in [-0.2, 0) is 4.74 Å². The molecule has 0 bridgehead atoms. The highest BCUT2D eigenvalue weighted by Gasteiger charge is 2.24. The van der Waals surface area contributed by atoms with Crippen molar-refractivity contribution in [2.24, 2.45) is 5.92 Å². The molecule has 0 aliphatic carbocycles. The van der Waals surface area contributed by atoms with E-state index in [4.69, 9.17) is 4.74 Å². The van der Waals surface area contributed by atoms with Gasteiger partial charge in [0.15, 0.2) is 0 Å². The quantitative estimate of drug-likeness (QED) is 0.252. The zero-order valence-corrected chi connectivity index (χ0v) is 17.9. The lowest BCUT2D eigenvalue weighted by molar-refractivity contribution is -0.383. The summed E-state index contributed by atoms with van der Waals surface area (Å²) >= 11 is 0. The Morgan fingerprint density at radius 2 is 1.67 bits per heavy atom. The van der Waals surface area contributed by atoms with E-state index in [1.54, 1.807) is 42.5 Å². The third-order valence-corrected chi connectivity index (χ3v) is 4.27. The summed E-state index contributed by atoms with van der Waals surface area (Å²) in [6, 6.07) is 14.6. The van der Waals surface area contributed by atoms with E-state index in [2.05, 4.69) is 26.1 Å². The minimum atomic E-state index is -0.670. The standard InChI is InChI=1S/C22H22N6O5/c1-14(2)12-33-22(30)16-8-10-17(11-9-16)25-19-18(28(31)32)20(24-13-23-19)26-27-21(29)15-6-4-3-5-7-15/h3-11,13-14H,12H2,1-2H3,(H,27,29)(H2,23,24,25,26). The van der Waals surface area contributed by atoms with Gasteiger partial charge in [-0.15, -0.1) is 0 Å². The Hall–Kier alpha value is -4.54. The number of nitrogens with one attached hydrogen (secondary N) is 3. The molecule has 0 saturated carbocycles. The molecule has 0 aliphatic rings. The van der Waals surface area contributed by atoms with Crippen molar-refractivity contribution in [2.75, 3.05) is 17.3 Å². The predicted octanol–water partition coefficient (Wildman–Crippen LogP) is 3.70.